The summed E-state index contributed by atoms with van der Waals surface area (Å²) in [6.45, 7) is 0.806. The van der Waals surface area contributed by atoms with E-state index in [0.29, 0.717) is 21.3 Å². The Bertz CT molecular complexity index is 1630. The van der Waals surface area contributed by atoms with E-state index in [1.807, 2.05) is 0 Å². The fourth-order valence-corrected chi connectivity index (χ4v) is 5.06. The van der Waals surface area contributed by atoms with Crippen molar-refractivity contribution in [3.05, 3.63) is 64.9 Å². The number of hydrogen-bond donors (Lipinski definition) is 1. The standard InChI is InChI=1S/C27H24BrF2N7O3/c1-15(38)25-19-8-17(18-10-31-16(2)32-11-18)6-7-20(19)37(35-25)12-24(39)36-14-27(30,13-29)9-21(36)26(40)34-23-5-3-4-22(28)33-23/h3-8,10-11,21H,9,12-14H2,1-2H3,(H,33,34,40)/t21-,27-/m0/s1. The molecule has 1 aliphatic rings. The number of amides is 2. The van der Waals surface area contributed by atoms with Crippen LogP contribution in [-0.2, 0) is 16.1 Å². The van der Waals surface area contributed by atoms with Gasteiger partial charge in [0, 0.05) is 36.7 Å². The minimum Gasteiger partial charge on any atom is -0.326 e. The Morgan fingerprint density at radius 1 is 1.15 bits per heavy atom. The average molecular weight is 612 g/mol. The highest BCUT2D eigenvalue weighted by Gasteiger charge is 2.49. The summed E-state index contributed by atoms with van der Waals surface area (Å²) in [5.74, 6) is -0.832. The van der Waals surface area contributed by atoms with Gasteiger partial charge in [-0.25, -0.2) is 23.7 Å². The lowest BCUT2D eigenvalue weighted by Gasteiger charge is -2.23. The van der Waals surface area contributed by atoms with E-state index in [1.165, 1.54) is 17.7 Å². The summed E-state index contributed by atoms with van der Waals surface area (Å²) >= 11 is 3.21. The number of likely N-dealkylation sites (tertiary alicyclic amines) is 1. The molecule has 13 heteroatoms. The lowest BCUT2D eigenvalue weighted by Crippen LogP contribution is -2.45. The number of anilines is 1. The summed E-state index contributed by atoms with van der Waals surface area (Å²) in [7, 11) is 0. The second-order valence-electron chi connectivity index (χ2n) is 9.67. The van der Waals surface area contributed by atoms with Crippen LogP contribution in [0.3, 0.4) is 0 Å². The molecule has 0 unspecified atom stereocenters. The molecular weight excluding hydrogens is 588 g/mol. The Morgan fingerprint density at radius 2 is 1.90 bits per heavy atom. The largest absolute Gasteiger partial charge is 0.326 e. The number of aromatic nitrogens is 5. The van der Waals surface area contributed by atoms with E-state index in [9.17, 15) is 18.8 Å². The van der Waals surface area contributed by atoms with Gasteiger partial charge in [-0.3, -0.25) is 19.1 Å². The summed E-state index contributed by atoms with van der Waals surface area (Å²) in [5, 5.41) is 7.44. The molecule has 0 bridgehead atoms. The molecule has 10 nitrogen and oxygen atoms in total. The first-order chi connectivity index (χ1) is 19.1. The third-order valence-corrected chi connectivity index (χ3v) is 7.14. The number of halogens is 3. The van der Waals surface area contributed by atoms with E-state index < -0.39 is 49.7 Å². The maximum absolute atomic E-state index is 15.1. The van der Waals surface area contributed by atoms with Crippen molar-refractivity contribution >= 4 is 50.2 Å². The van der Waals surface area contributed by atoms with Gasteiger partial charge in [0.15, 0.2) is 11.5 Å². The smallest absolute Gasteiger partial charge is 0.248 e. The van der Waals surface area contributed by atoms with E-state index in [-0.39, 0.29) is 17.3 Å². The maximum Gasteiger partial charge on any atom is 0.248 e. The third-order valence-electron chi connectivity index (χ3n) is 6.70. The normalized spacial score (nSPS) is 18.7. The molecule has 4 aromatic rings. The summed E-state index contributed by atoms with van der Waals surface area (Å²) < 4.78 is 30.6. The number of carbonyl (C=O) groups is 3. The van der Waals surface area contributed by atoms with Crippen LogP contribution in [0.2, 0.25) is 0 Å². The second kappa shape index (κ2) is 10.8. The van der Waals surface area contributed by atoms with Gasteiger partial charge in [-0.15, -0.1) is 0 Å². The van der Waals surface area contributed by atoms with Crippen molar-refractivity contribution in [3.8, 4) is 11.1 Å². The number of hydrogen-bond acceptors (Lipinski definition) is 7. The molecule has 4 heterocycles. The molecule has 1 saturated heterocycles. The average Bonchev–Trinajstić information content (AvgIpc) is 3.47. The van der Waals surface area contributed by atoms with Gasteiger partial charge in [0.25, 0.3) is 0 Å². The molecular formula is C27H24BrF2N7O3. The molecule has 2 atom stereocenters. The molecule has 2 amide bonds. The monoisotopic (exact) mass is 611 g/mol. The number of nitrogens with one attached hydrogen (secondary N) is 1. The number of Topliss-reactive ketones (excluding diaryl/α,β-unsaturated/α-hetero) is 1. The van der Waals surface area contributed by atoms with E-state index in [0.717, 1.165) is 16.0 Å². The predicted molar refractivity (Wildman–Crippen MR) is 146 cm³/mol. The van der Waals surface area contributed by atoms with Gasteiger partial charge in [0.05, 0.1) is 12.1 Å². The van der Waals surface area contributed by atoms with Crippen LogP contribution in [-0.4, -0.2) is 72.2 Å². The molecule has 0 aliphatic carbocycles. The SMILES string of the molecule is CC(=O)c1nn(CC(=O)N2C[C@@](F)(CF)C[C@H]2C(=O)Nc2cccc(Br)n2)c2ccc(-c3cnc(C)nc3)cc12. The van der Waals surface area contributed by atoms with Gasteiger partial charge in [-0.05, 0) is 52.7 Å². The minimum absolute atomic E-state index is 0.151. The fourth-order valence-electron chi connectivity index (χ4n) is 4.72. The second-order valence-corrected chi connectivity index (χ2v) is 10.5. The molecule has 1 fully saturated rings. The quantitative estimate of drug-likeness (QED) is 0.247. The molecule has 1 aliphatic heterocycles. The number of aryl methyl sites for hydroxylation is 1. The number of ketones is 1. The molecule has 0 spiro atoms. The lowest BCUT2D eigenvalue weighted by atomic mass is 10.0. The van der Waals surface area contributed by atoms with Crippen molar-refractivity contribution in [2.75, 3.05) is 18.5 Å². The Kier molecular flexibility index (Phi) is 7.41. The zero-order valence-corrected chi connectivity index (χ0v) is 23.2. The van der Waals surface area contributed by atoms with Gasteiger partial charge in [0.2, 0.25) is 11.8 Å². The topological polar surface area (TPSA) is 123 Å². The molecule has 0 radical (unpaired) electrons. The predicted octanol–water partition coefficient (Wildman–Crippen LogP) is 4.08. The highest BCUT2D eigenvalue weighted by atomic mass is 79.9. The Morgan fingerprint density at radius 3 is 2.58 bits per heavy atom. The van der Waals surface area contributed by atoms with E-state index in [2.05, 4.69) is 41.3 Å². The number of nitrogens with zero attached hydrogens (tertiary/aromatic N) is 6. The zero-order valence-electron chi connectivity index (χ0n) is 21.6. The minimum atomic E-state index is -2.37. The van der Waals surface area contributed by atoms with Crippen molar-refractivity contribution < 1.29 is 23.2 Å². The molecule has 5 rings (SSSR count). The van der Waals surface area contributed by atoms with Gasteiger partial charge >= 0.3 is 0 Å². The number of fused-ring (bicyclic) bond motifs is 1. The van der Waals surface area contributed by atoms with Gasteiger partial charge in [-0.1, -0.05) is 12.1 Å². The van der Waals surface area contributed by atoms with Crippen molar-refractivity contribution in [2.24, 2.45) is 0 Å². The van der Waals surface area contributed by atoms with Gasteiger partial charge < -0.3 is 10.2 Å². The Labute approximate surface area is 235 Å². The molecule has 206 valence electrons. The third kappa shape index (κ3) is 5.46. The molecule has 0 saturated carbocycles. The van der Waals surface area contributed by atoms with E-state index >= 15 is 4.39 Å². The number of alkyl halides is 2. The first-order valence-corrected chi connectivity index (χ1v) is 13.1. The number of carbonyl (C=O) groups excluding carboxylic acids is 3. The van der Waals surface area contributed by atoms with Crippen molar-refractivity contribution in [2.45, 2.75) is 38.5 Å². The van der Waals surface area contributed by atoms with Crippen LogP contribution in [0.1, 0.15) is 29.7 Å². The zero-order chi connectivity index (χ0) is 28.6. The first kappa shape index (κ1) is 27.4. The number of rotatable bonds is 7. The summed E-state index contributed by atoms with van der Waals surface area (Å²) in [6, 6.07) is 8.85. The molecule has 1 aromatic carbocycles. The van der Waals surface area contributed by atoms with E-state index in [1.54, 1.807) is 49.6 Å². The first-order valence-electron chi connectivity index (χ1n) is 12.4. The Balaban J connectivity index is 1.44. The summed E-state index contributed by atoms with van der Waals surface area (Å²) in [5.41, 5.74) is -0.237. The van der Waals surface area contributed by atoms with Crippen LogP contribution in [0.4, 0.5) is 14.6 Å². The maximum atomic E-state index is 15.1. The Hall–Kier alpha value is -4.13. The van der Waals surface area contributed by atoms with Crippen molar-refractivity contribution in [1.29, 1.82) is 0 Å². The lowest BCUT2D eigenvalue weighted by molar-refractivity contribution is -0.137. The number of benzene rings is 1. The van der Waals surface area contributed by atoms with Crippen LogP contribution < -0.4 is 5.32 Å². The van der Waals surface area contributed by atoms with Gasteiger partial charge in [0.1, 0.15) is 41.2 Å². The molecule has 40 heavy (non-hydrogen) atoms. The summed E-state index contributed by atoms with van der Waals surface area (Å²) in [4.78, 5) is 52.5. The fraction of sp³-hybridized carbons (Fsp3) is 0.296. The molecule has 3 aromatic heterocycles. The highest BCUT2D eigenvalue weighted by molar-refractivity contribution is 9.10. The molecule has 1 N–H and O–H groups in total. The number of pyridine rings is 1. The van der Waals surface area contributed by atoms with Crippen LogP contribution >= 0.6 is 15.9 Å². The van der Waals surface area contributed by atoms with Gasteiger partial charge in [-0.2, -0.15) is 5.10 Å². The van der Waals surface area contributed by atoms with Crippen molar-refractivity contribution in [1.82, 2.24) is 29.6 Å². The van der Waals surface area contributed by atoms with Crippen LogP contribution in [0, 0.1) is 6.92 Å². The highest BCUT2D eigenvalue weighted by Crippen LogP contribution is 2.33. The van der Waals surface area contributed by atoms with Crippen LogP contribution in [0.15, 0.2) is 53.4 Å². The van der Waals surface area contributed by atoms with Crippen LogP contribution in [0.5, 0.6) is 0 Å². The van der Waals surface area contributed by atoms with Crippen molar-refractivity contribution in [3.63, 3.8) is 0 Å². The summed E-state index contributed by atoms with van der Waals surface area (Å²) in [6.07, 6.45) is 2.83. The van der Waals surface area contributed by atoms with Crippen LogP contribution in [0.25, 0.3) is 22.0 Å². The van der Waals surface area contributed by atoms with E-state index in [4.69, 9.17) is 0 Å².